The molecule has 0 unspecified atom stereocenters. The number of halogens is 1. The Morgan fingerprint density at radius 2 is 1.86 bits per heavy atom. The third-order valence-corrected chi connectivity index (χ3v) is 1.35. The van der Waals surface area contributed by atoms with Crippen molar-refractivity contribution in [3.63, 3.8) is 0 Å². The molecular formula is C6H12ClNNa2O4. The van der Waals surface area contributed by atoms with E-state index in [0.717, 1.165) is 0 Å². The fourth-order valence-electron chi connectivity index (χ4n) is 0.650. The van der Waals surface area contributed by atoms with E-state index in [0.29, 0.717) is 0 Å². The van der Waals surface area contributed by atoms with Crippen LogP contribution in [-0.4, -0.2) is 40.6 Å². The van der Waals surface area contributed by atoms with Crippen LogP contribution in [0, 0.1) is 0 Å². The molecule has 8 heteroatoms. The van der Waals surface area contributed by atoms with E-state index in [-0.39, 0.29) is 74.4 Å². The summed E-state index contributed by atoms with van der Waals surface area (Å²) in [7, 11) is 0. The molecular weight excluding hydrogens is 232 g/mol. The van der Waals surface area contributed by atoms with E-state index in [9.17, 15) is 9.59 Å². The van der Waals surface area contributed by atoms with E-state index in [1.54, 1.807) is 0 Å². The maximum absolute atomic E-state index is 10.4. The maximum atomic E-state index is 10.4. The van der Waals surface area contributed by atoms with Crippen molar-refractivity contribution in [1.82, 2.24) is 5.32 Å². The first-order valence-corrected chi connectivity index (χ1v) is 3.85. The van der Waals surface area contributed by atoms with Gasteiger partial charge in [-0.3, -0.25) is 9.59 Å². The number of rotatable bonds is 6. The molecule has 1 atom stereocenters. The van der Waals surface area contributed by atoms with Crippen LogP contribution in [0.25, 0.3) is 0 Å². The van der Waals surface area contributed by atoms with Gasteiger partial charge in [-0.15, -0.1) is 11.6 Å². The molecule has 0 fully saturated rings. The van der Waals surface area contributed by atoms with Gasteiger partial charge in [0.15, 0.2) is 0 Å². The van der Waals surface area contributed by atoms with Crippen LogP contribution in [0.5, 0.6) is 0 Å². The Hall–Kier alpha value is 1.19. The largest absolute Gasteiger partial charge is 1.00 e. The quantitative estimate of drug-likeness (QED) is 0.319. The van der Waals surface area contributed by atoms with Gasteiger partial charge in [-0.2, -0.15) is 0 Å². The molecule has 0 radical (unpaired) electrons. The summed E-state index contributed by atoms with van der Waals surface area (Å²) in [5.74, 6) is -2.07. The van der Waals surface area contributed by atoms with Gasteiger partial charge in [0.05, 0.1) is 6.42 Å². The third kappa shape index (κ3) is 11.3. The maximum Gasteiger partial charge on any atom is 1.00 e. The van der Waals surface area contributed by atoms with Crippen LogP contribution in [-0.2, 0) is 9.59 Å². The molecule has 0 aromatic heterocycles. The number of nitrogens with one attached hydrogen (secondary N) is 1. The van der Waals surface area contributed by atoms with Crippen molar-refractivity contribution in [3.8, 4) is 0 Å². The van der Waals surface area contributed by atoms with Gasteiger partial charge < -0.3 is 18.4 Å². The average molecular weight is 244 g/mol. The molecule has 14 heavy (non-hydrogen) atoms. The van der Waals surface area contributed by atoms with E-state index in [1.807, 2.05) is 0 Å². The first-order chi connectivity index (χ1) is 5.57. The Kier molecular flexibility index (Phi) is 18.0. The third-order valence-electron chi connectivity index (χ3n) is 1.16. The van der Waals surface area contributed by atoms with Gasteiger partial charge >= 0.3 is 71.1 Å². The molecule has 0 spiro atoms. The number of carbonyl (C=O) groups is 2. The zero-order valence-electron chi connectivity index (χ0n) is 10.3. The van der Waals surface area contributed by atoms with Crippen LogP contribution in [0.15, 0.2) is 0 Å². The van der Waals surface area contributed by atoms with Crippen molar-refractivity contribution in [2.45, 2.75) is 12.5 Å². The summed E-state index contributed by atoms with van der Waals surface area (Å²) >= 11 is 5.28. The summed E-state index contributed by atoms with van der Waals surface area (Å²) in [6, 6.07) is -1.05. The van der Waals surface area contributed by atoms with Gasteiger partial charge in [0.25, 0.3) is 0 Å². The summed E-state index contributed by atoms with van der Waals surface area (Å²) in [6.45, 7) is 0.284. The standard InChI is InChI=1S/C6H10ClNO4.2Na.2H/c7-1-2-8-4(6(11)12)3-5(9)10;;;;/h4,8H,1-3H2,(H,9,10)(H,11,12);;;;/q;2*+1;2*-1/t4-;;;;/m0..../s1. The van der Waals surface area contributed by atoms with Gasteiger partial charge in [-0.1, -0.05) is 0 Å². The van der Waals surface area contributed by atoms with Gasteiger partial charge in [-0.05, 0) is 0 Å². The Labute approximate surface area is 134 Å². The average Bonchev–Trinajstić information content (AvgIpc) is 1.96. The van der Waals surface area contributed by atoms with Crippen LogP contribution in [0.3, 0.4) is 0 Å². The molecule has 0 bridgehead atoms. The minimum Gasteiger partial charge on any atom is -1.00 e. The molecule has 0 aliphatic carbocycles. The second-order valence-electron chi connectivity index (χ2n) is 2.13. The summed E-state index contributed by atoms with van der Waals surface area (Å²) < 4.78 is 0. The van der Waals surface area contributed by atoms with Crippen molar-refractivity contribution in [3.05, 3.63) is 0 Å². The topological polar surface area (TPSA) is 86.6 Å². The smallest absolute Gasteiger partial charge is 1.00 e. The number of hydrogen-bond acceptors (Lipinski definition) is 3. The molecule has 0 rings (SSSR count). The molecule has 0 aliphatic rings. The second-order valence-corrected chi connectivity index (χ2v) is 2.51. The molecule has 0 saturated carbocycles. The Balaban J connectivity index is -0.000000101. The predicted molar refractivity (Wildman–Crippen MR) is 44.6 cm³/mol. The molecule has 0 aromatic carbocycles. The number of alkyl halides is 1. The SMILES string of the molecule is O=C(O)C[C@H](NCCCl)C(=O)O.[H-].[H-].[Na+].[Na+]. The van der Waals surface area contributed by atoms with E-state index in [1.165, 1.54) is 0 Å². The number of hydrogen-bond donors (Lipinski definition) is 3. The van der Waals surface area contributed by atoms with Gasteiger partial charge in [0.1, 0.15) is 6.04 Å². The van der Waals surface area contributed by atoms with Crippen molar-refractivity contribution >= 4 is 23.5 Å². The van der Waals surface area contributed by atoms with Crippen molar-refractivity contribution in [1.29, 1.82) is 0 Å². The summed E-state index contributed by atoms with van der Waals surface area (Å²) in [6.07, 6.45) is -0.438. The molecule has 74 valence electrons. The van der Waals surface area contributed by atoms with E-state index < -0.39 is 24.4 Å². The van der Waals surface area contributed by atoms with E-state index >= 15 is 0 Å². The number of aliphatic carboxylic acids is 2. The first kappa shape index (κ1) is 20.6. The van der Waals surface area contributed by atoms with Crippen LogP contribution in [0.2, 0.25) is 0 Å². The minimum atomic E-state index is -1.18. The zero-order valence-corrected chi connectivity index (χ0v) is 13.0. The second kappa shape index (κ2) is 12.3. The van der Waals surface area contributed by atoms with Crippen molar-refractivity contribution < 1.29 is 81.8 Å². The fraction of sp³-hybridized carbons (Fsp3) is 0.667. The fourth-order valence-corrected chi connectivity index (χ4v) is 0.759. The monoisotopic (exact) mass is 243 g/mol. The van der Waals surface area contributed by atoms with Crippen LogP contribution in [0.4, 0.5) is 0 Å². The van der Waals surface area contributed by atoms with E-state index in [4.69, 9.17) is 21.8 Å². The molecule has 5 nitrogen and oxygen atoms in total. The Bertz CT molecular complexity index is 190. The van der Waals surface area contributed by atoms with Crippen LogP contribution in [0.1, 0.15) is 9.27 Å². The minimum absolute atomic E-state index is 0. The van der Waals surface area contributed by atoms with Gasteiger partial charge in [0.2, 0.25) is 0 Å². The van der Waals surface area contributed by atoms with Crippen LogP contribution < -0.4 is 64.4 Å². The predicted octanol–water partition coefficient (Wildman–Crippen LogP) is -6.02. The van der Waals surface area contributed by atoms with Crippen molar-refractivity contribution in [2.75, 3.05) is 12.4 Å². The number of carboxylic acid groups (broad SMARTS) is 2. The molecule has 0 amide bonds. The zero-order chi connectivity index (χ0) is 9.56. The summed E-state index contributed by atoms with van der Waals surface area (Å²) in [4.78, 5) is 20.5. The van der Waals surface area contributed by atoms with Gasteiger partial charge in [-0.25, -0.2) is 0 Å². The first-order valence-electron chi connectivity index (χ1n) is 3.32. The van der Waals surface area contributed by atoms with E-state index in [2.05, 4.69) is 5.32 Å². The Morgan fingerprint density at radius 1 is 1.36 bits per heavy atom. The molecule has 0 saturated heterocycles. The summed E-state index contributed by atoms with van der Waals surface area (Å²) in [5, 5.41) is 19.3. The summed E-state index contributed by atoms with van der Waals surface area (Å²) in [5.41, 5.74) is 0. The number of carboxylic acids is 2. The van der Waals surface area contributed by atoms with Crippen molar-refractivity contribution in [2.24, 2.45) is 0 Å². The van der Waals surface area contributed by atoms with Crippen LogP contribution >= 0.6 is 11.6 Å². The molecule has 0 aliphatic heterocycles. The normalized spacial score (nSPS) is 10.6. The molecule has 0 aromatic rings. The Morgan fingerprint density at radius 3 is 2.14 bits per heavy atom. The van der Waals surface area contributed by atoms with Gasteiger partial charge in [0, 0.05) is 12.4 Å². The molecule has 3 N–H and O–H groups in total. The molecule has 0 heterocycles.